The number of imidazole rings is 1. The molecule has 0 atom stereocenters. The minimum atomic E-state index is 0.0859. The lowest BCUT2D eigenvalue weighted by molar-refractivity contribution is 0.272. The minimum Gasteiger partial charge on any atom is -0.388 e. The highest BCUT2D eigenvalue weighted by molar-refractivity contribution is 5.80. The summed E-state index contributed by atoms with van der Waals surface area (Å²) in [7, 11) is 1.96. The van der Waals surface area contributed by atoms with E-state index in [1.807, 2.05) is 7.05 Å². The topological polar surface area (TPSA) is 29.9 Å². The average Bonchev–Trinajstić information content (AvgIpc) is 2.71. The van der Waals surface area contributed by atoms with Crippen LogP contribution in [0, 0.1) is 5.92 Å². The summed E-state index contributed by atoms with van der Waals surface area (Å²) in [6.07, 6.45) is 4.14. The van der Waals surface area contributed by atoms with Crippen LogP contribution in [0.25, 0.3) is 11.0 Å². The fourth-order valence-corrected chi connectivity index (χ4v) is 2.98. The summed E-state index contributed by atoms with van der Waals surface area (Å²) >= 11 is 0. The van der Waals surface area contributed by atoms with Crippen LogP contribution in [0.5, 0.6) is 0 Å². The van der Waals surface area contributed by atoms with Gasteiger partial charge in [0, 0.05) is 24.7 Å². The van der Waals surface area contributed by atoms with Crippen molar-refractivity contribution in [3.05, 3.63) is 24.0 Å². The smallest absolute Gasteiger partial charge is 0.115 e. The summed E-state index contributed by atoms with van der Waals surface area (Å²) in [5.74, 6) is 2.06. The van der Waals surface area contributed by atoms with Crippen LogP contribution in [0.4, 0.5) is 5.69 Å². The van der Waals surface area contributed by atoms with Crippen molar-refractivity contribution in [2.75, 3.05) is 12.4 Å². The summed E-state index contributed by atoms with van der Waals surface area (Å²) < 4.78 is 2.46. The molecule has 0 spiro atoms. The molecule has 0 unspecified atom stereocenters. The number of nitrogens with one attached hydrogen (secondary N) is 1. The van der Waals surface area contributed by atoms with Crippen molar-refractivity contribution in [1.82, 2.24) is 9.55 Å². The van der Waals surface area contributed by atoms with Crippen LogP contribution >= 0.6 is 0 Å². The third-order valence-corrected chi connectivity index (χ3v) is 4.37. The Labute approximate surface area is 121 Å². The molecule has 108 valence electrons. The zero-order valence-electron chi connectivity index (χ0n) is 13.0. The quantitative estimate of drug-likeness (QED) is 0.907. The molecular formula is C17H25N3. The number of nitrogens with zero attached hydrogens (tertiary/aromatic N) is 2. The first kappa shape index (κ1) is 13.5. The highest BCUT2D eigenvalue weighted by atomic mass is 15.1. The number of benzene rings is 1. The molecule has 3 nitrogen and oxygen atoms in total. The second kappa shape index (κ2) is 4.80. The van der Waals surface area contributed by atoms with E-state index in [4.69, 9.17) is 4.98 Å². The van der Waals surface area contributed by atoms with E-state index in [2.05, 4.69) is 48.9 Å². The zero-order valence-corrected chi connectivity index (χ0v) is 13.0. The van der Waals surface area contributed by atoms with Crippen molar-refractivity contribution in [2.45, 2.75) is 52.0 Å². The largest absolute Gasteiger partial charge is 0.388 e. The SMILES string of the molecule is CNc1ccc2c(c1)nc(C(C)(C)C)n2CC1CCC1. The van der Waals surface area contributed by atoms with Crippen LogP contribution in [0.2, 0.25) is 0 Å². The van der Waals surface area contributed by atoms with E-state index in [0.29, 0.717) is 0 Å². The van der Waals surface area contributed by atoms with Gasteiger partial charge in [-0.1, -0.05) is 27.2 Å². The molecule has 0 bridgehead atoms. The zero-order chi connectivity index (χ0) is 14.3. The predicted molar refractivity (Wildman–Crippen MR) is 85.3 cm³/mol. The van der Waals surface area contributed by atoms with Crippen molar-refractivity contribution < 1.29 is 0 Å². The van der Waals surface area contributed by atoms with Gasteiger partial charge in [0.1, 0.15) is 5.82 Å². The Bertz CT molecular complexity index is 615. The Morgan fingerprint density at radius 1 is 1.30 bits per heavy atom. The number of aromatic nitrogens is 2. The molecule has 3 heteroatoms. The van der Waals surface area contributed by atoms with Crippen LogP contribution in [0.15, 0.2) is 18.2 Å². The van der Waals surface area contributed by atoms with Crippen molar-refractivity contribution in [2.24, 2.45) is 5.92 Å². The summed E-state index contributed by atoms with van der Waals surface area (Å²) in [6, 6.07) is 6.51. The predicted octanol–water partition coefficient (Wildman–Crippen LogP) is 4.18. The first-order chi connectivity index (χ1) is 9.49. The summed E-state index contributed by atoms with van der Waals surface area (Å²) in [5, 5.41) is 3.20. The Hall–Kier alpha value is -1.51. The van der Waals surface area contributed by atoms with Crippen molar-refractivity contribution in [1.29, 1.82) is 0 Å². The Balaban J connectivity index is 2.11. The van der Waals surface area contributed by atoms with Gasteiger partial charge < -0.3 is 9.88 Å². The standard InChI is InChI=1S/C17H25N3/c1-17(2,3)16-19-14-10-13(18-4)8-9-15(14)20(16)11-12-6-5-7-12/h8-10,12,18H,5-7,11H2,1-4H3. The van der Waals surface area contributed by atoms with Crippen molar-refractivity contribution >= 4 is 16.7 Å². The van der Waals surface area contributed by atoms with Gasteiger partial charge in [-0.3, -0.25) is 0 Å². The van der Waals surface area contributed by atoms with E-state index < -0.39 is 0 Å². The van der Waals surface area contributed by atoms with Gasteiger partial charge in [0.2, 0.25) is 0 Å². The van der Waals surface area contributed by atoms with Crippen molar-refractivity contribution in [3.63, 3.8) is 0 Å². The highest BCUT2D eigenvalue weighted by Crippen LogP contribution is 2.33. The first-order valence-electron chi connectivity index (χ1n) is 7.67. The first-order valence-corrected chi connectivity index (χ1v) is 7.67. The lowest BCUT2D eigenvalue weighted by Crippen LogP contribution is -2.24. The van der Waals surface area contributed by atoms with Gasteiger partial charge in [-0.05, 0) is 37.0 Å². The summed E-state index contributed by atoms with van der Waals surface area (Å²) in [4.78, 5) is 4.93. The van der Waals surface area contributed by atoms with Gasteiger partial charge >= 0.3 is 0 Å². The van der Waals surface area contributed by atoms with Crippen LogP contribution in [0.3, 0.4) is 0 Å². The molecule has 1 aliphatic carbocycles. The Morgan fingerprint density at radius 2 is 2.05 bits per heavy atom. The molecule has 0 radical (unpaired) electrons. The van der Waals surface area contributed by atoms with E-state index in [0.717, 1.165) is 23.7 Å². The summed E-state index contributed by atoms with van der Waals surface area (Å²) in [6.45, 7) is 7.89. The number of rotatable bonds is 3. The monoisotopic (exact) mass is 271 g/mol. The summed E-state index contributed by atoms with van der Waals surface area (Å²) in [5.41, 5.74) is 3.61. The molecular weight excluding hydrogens is 246 g/mol. The molecule has 20 heavy (non-hydrogen) atoms. The number of fused-ring (bicyclic) bond motifs is 1. The van der Waals surface area contributed by atoms with Gasteiger partial charge in [0.15, 0.2) is 0 Å². The van der Waals surface area contributed by atoms with Gasteiger partial charge in [0.05, 0.1) is 11.0 Å². The van der Waals surface area contributed by atoms with E-state index in [-0.39, 0.29) is 5.41 Å². The lowest BCUT2D eigenvalue weighted by Gasteiger charge is -2.29. The van der Waals surface area contributed by atoms with Gasteiger partial charge in [0.25, 0.3) is 0 Å². The van der Waals surface area contributed by atoms with E-state index in [1.54, 1.807) is 0 Å². The molecule has 1 fully saturated rings. The molecule has 1 saturated carbocycles. The Kier molecular flexibility index (Phi) is 3.23. The maximum absolute atomic E-state index is 4.93. The molecule has 2 aromatic rings. The minimum absolute atomic E-state index is 0.0859. The third-order valence-electron chi connectivity index (χ3n) is 4.37. The number of hydrogen-bond acceptors (Lipinski definition) is 2. The van der Waals surface area contributed by atoms with Crippen LogP contribution in [-0.2, 0) is 12.0 Å². The van der Waals surface area contributed by atoms with Gasteiger partial charge in [-0.15, -0.1) is 0 Å². The molecule has 0 aliphatic heterocycles. The van der Waals surface area contributed by atoms with Crippen molar-refractivity contribution in [3.8, 4) is 0 Å². The fraction of sp³-hybridized carbons (Fsp3) is 0.588. The van der Waals surface area contributed by atoms with Crippen LogP contribution in [0.1, 0.15) is 45.9 Å². The maximum atomic E-state index is 4.93. The van der Waals surface area contributed by atoms with Crippen LogP contribution in [-0.4, -0.2) is 16.6 Å². The van der Waals surface area contributed by atoms with Crippen LogP contribution < -0.4 is 5.32 Å². The molecule has 1 aliphatic rings. The molecule has 0 amide bonds. The molecule has 1 N–H and O–H groups in total. The van der Waals surface area contributed by atoms with E-state index in [1.165, 1.54) is 30.6 Å². The van der Waals surface area contributed by atoms with Gasteiger partial charge in [-0.2, -0.15) is 0 Å². The van der Waals surface area contributed by atoms with E-state index >= 15 is 0 Å². The normalized spacial score (nSPS) is 16.4. The molecule has 1 heterocycles. The molecule has 1 aromatic carbocycles. The molecule has 0 saturated heterocycles. The number of anilines is 1. The number of hydrogen-bond donors (Lipinski definition) is 1. The average molecular weight is 271 g/mol. The fourth-order valence-electron chi connectivity index (χ4n) is 2.98. The maximum Gasteiger partial charge on any atom is 0.115 e. The Morgan fingerprint density at radius 3 is 2.60 bits per heavy atom. The van der Waals surface area contributed by atoms with Gasteiger partial charge in [-0.25, -0.2) is 4.98 Å². The highest BCUT2D eigenvalue weighted by Gasteiger charge is 2.26. The lowest BCUT2D eigenvalue weighted by atomic mass is 9.85. The molecule has 3 rings (SSSR count). The second-order valence-corrected chi connectivity index (χ2v) is 7.05. The van der Waals surface area contributed by atoms with E-state index in [9.17, 15) is 0 Å². The third kappa shape index (κ3) is 2.30. The second-order valence-electron chi connectivity index (χ2n) is 7.05. The molecule has 1 aromatic heterocycles.